The first-order valence-corrected chi connectivity index (χ1v) is 13.1. The maximum atomic E-state index is 13.0. The average molecular weight is 502 g/mol. The SMILES string of the molecule is O=C(Nc1nc(-c2ccc(Cl)cc2Cl)cs1)C1CCCCN1S(=O)(=O)c1cccs1. The van der Waals surface area contributed by atoms with Crippen LogP contribution in [-0.4, -0.2) is 36.2 Å². The van der Waals surface area contributed by atoms with Crippen molar-refractivity contribution < 1.29 is 13.2 Å². The lowest BCUT2D eigenvalue weighted by atomic mass is 10.0. The molecule has 1 aromatic carbocycles. The Kier molecular flexibility index (Phi) is 6.47. The van der Waals surface area contributed by atoms with Gasteiger partial charge in [-0.2, -0.15) is 4.31 Å². The molecule has 158 valence electrons. The van der Waals surface area contributed by atoms with Crippen LogP contribution in [0, 0.1) is 0 Å². The topological polar surface area (TPSA) is 79.4 Å². The van der Waals surface area contributed by atoms with Crippen LogP contribution in [0.4, 0.5) is 5.13 Å². The van der Waals surface area contributed by atoms with Crippen molar-refractivity contribution >= 4 is 66.9 Å². The molecule has 0 saturated carbocycles. The fourth-order valence-electron chi connectivity index (χ4n) is 3.32. The Bertz CT molecular complexity index is 1160. The van der Waals surface area contributed by atoms with Crippen molar-refractivity contribution in [1.29, 1.82) is 0 Å². The summed E-state index contributed by atoms with van der Waals surface area (Å²) in [6.45, 7) is 0.321. The van der Waals surface area contributed by atoms with E-state index in [1.807, 2.05) is 0 Å². The first-order chi connectivity index (χ1) is 14.4. The summed E-state index contributed by atoms with van der Waals surface area (Å²) in [5.41, 5.74) is 1.32. The quantitative estimate of drug-likeness (QED) is 0.510. The first kappa shape index (κ1) is 21.7. The molecule has 0 bridgehead atoms. The van der Waals surface area contributed by atoms with Crippen LogP contribution in [0.3, 0.4) is 0 Å². The van der Waals surface area contributed by atoms with Crippen LogP contribution >= 0.6 is 45.9 Å². The summed E-state index contributed by atoms with van der Waals surface area (Å²) in [4.78, 5) is 17.4. The zero-order valence-corrected chi connectivity index (χ0v) is 19.5. The molecule has 3 heterocycles. The van der Waals surface area contributed by atoms with Gasteiger partial charge in [-0.3, -0.25) is 4.79 Å². The Morgan fingerprint density at radius 3 is 2.77 bits per heavy atom. The van der Waals surface area contributed by atoms with Gasteiger partial charge in [0.15, 0.2) is 5.13 Å². The molecule has 0 aliphatic carbocycles. The van der Waals surface area contributed by atoms with E-state index in [2.05, 4.69) is 10.3 Å². The van der Waals surface area contributed by atoms with Gasteiger partial charge >= 0.3 is 0 Å². The van der Waals surface area contributed by atoms with Gasteiger partial charge in [0.1, 0.15) is 10.3 Å². The van der Waals surface area contributed by atoms with Crippen molar-refractivity contribution in [2.24, 2.45) is 0 Å². The second kappa shape index (κ2) is 8.94. The van der Waals surface area contributed by atoms with Crippen LogP contribution in [0.1, 0.15) is 19.3 Å². The number of nitrogens with one attached hydrogen (secondary N) is 1. The van der Waals surface area contributed by atoms with Crippen LogP contribution in [0.25, 0.3) is 11.3 Å². The number of sulfonamides is 1. The number of aromatic nitrogens is 1. The Hall–Kier alpha value is -1.49. The molecule has 1 amide bonds. The molecule has 30 heavy (non-hydrogen) atoms. The molecule has 11 heteroatoms. The molecule has 3 aromatic rings. The van der Waals surface area contributed by atoms with Gasteiger partial charge in [-0.25, -0.2) is 13.4 Å². The van der Waals surface area contributed by atoms with Crippen LogP contribution in [0.2, 0.25) is 10.0 Å². The number of hydrogen-bond acceptors (Lipinski definition) is 6. The van der Waals surface area contributed by atoms with E-state index in [1.165, 1.54) is 15.6 Å². The van der Waals surface area contributed by atoms with Crippen molar-refractivity contribution in [3.63, 3.8) is 0 Å². The largest absolute Gasteiger partial charge is 0.301 e. The predicted molar refractivity (Wildman–Crippen MR) is 122 cm³/mol. The number of hydrogen-bond donors (Lipinski definition) is 1. The number of benzene rings is 1. The second-order valence-corrected chi connectivity index (χ2v) is 11.5. The van der Waals surface area contributed by atoms with E-state index < -0.39 is 16.1 Å². The Morgan fingerprint density at radius 2 is 2.03 bits per heavy atom. The van der Waals surface area contributed by atoms with Gasteiger partial charge < -0.3 is 5.32 Å². The number of rotatable bonds is 5. The van der Waals surface area contributed by atoms with Gasteiger partial charge in [0.05, 0.1) is 10.7 Å². The van der Waals surface area contributed by atoms with Crippen molar-refractivity contribution in [3.8, 4) is 11.3 Å². The Balaban J connectivity index is 1.53. The number of halogens is 2. The molecule has 1 aliphatic heterocycles. The Morgan fingerprint density at radius 1 is 1.20 bits per heavy atom. The molecule has 1 atom stereocenters. The van der Waals surface area contributed by atoms with Gasteiger partial charge in [0.25, 0.3) is 10.0 Å². The molecule has 1 aliphatic rings. The van der Waals surface area contributed by atoms with Gasteiger partial charge in [-0.05, 0) is 42.5 Å². The van der Waals surface area contributed by atoms with Crippen molar-refractivity contribution in [2.75, 3.05) is 11.9 Å². The van der Waals surface area contributed by atoms with Crippen molar-refractivity contribution in [2.45, 2.75) is 29.5 Å². The third kappa shape index (κ3) is 4.42. The monoisotopic (exact) mass is 501 g/mol. The number of thiophene rings is 1. The summed E-state index contributed by atoms with van der Waals surface area (Å²) >= 11 is 14.6. The van der Waals surface area contributed by atoms with Gasteiger partial charge in [-0.15, -0.1) is 22.7 Å². The minimum atomic E-state index is -3.71. The normalized spacial score (nSPS) is 17.7. The highest BCUT2D eigenvalue weighted by atomic mass is 35.5. The molecule has 1 saturated heterocycles. The number of anilines is 1. The molecular weight excluding hydrogens is 485 g/mol. The van der Waals surface area contributed by atoms with E-state index in [-0.39, 0.29) is 10.1 Å². The summed E-state index contributed by atoms with van der Waals surface area (Å²) in [6, 6.07) is 7.60. The number of thiazole rings is 1. The number of carbonyl (C=O) groups is 1. The lowest BCUT2D eigenvalue weighted by Gasteiger charge is -2.32. The summed E-state index contributed by atoms with van der Waals surface area (Å²) < 4.78 is 27.5. The molecule has 4 rings (SSSR count). The van der Waals surface area contributed by atoms with Gasteiger partial charge in [0, 0.05) is 22.5 Å². The van der Waals surface area contributed by atoms with E-state index in [9.17, 15) is 13.2 Å². The van der Waals surface area contributed by atoms with E-state index in [0.29, 0.717) is 39.4 Å². The fraction of sp³-hybridized carbons (Fsp3) is 0.263. The van der Waals surface area contributed by atoms with Gasteiger partial charge in [0.2, 0.25) is 5.91 Å². The lowest BCUT2D eigenvalue weighted by molar-refractivity contribution is -0.120. The maximum absolute atomic E-state index is 13.0. The smallest absolute Gasteiger partial charge is 0.253 e. The van der Waals surface area contributed by atoms with Crippen LogP contribution in [0.15, 0.2) is 45.3 Å². The van der Waals surface area contributed by atoms with Crippen molar-refractivity contribution in [3.05, 3.63) is 51.1 Å². The molecule has 2 aromatic heterocycles. The molecule has 1 fully saturated rings. The van der Waals surface area contributed by atoms with Crippen LogP contribution in [0.5, 0.6) is 0 Å². The van der Waals surface area contributed by atoms with Crippen LogP contribution in [-0.2, 0) is 14.8 Å². The molecule has 1 N–H and O–H groups in total. The fourth-order valence-corrected chi connectivity index (χ4v) is 7.32. The maximum Gasteiger partial charge on any atom is 0.253 e. The van der Waals surface area contributed by atoms with Crippen LogP contribution < -0.4 is 5.32 Å². The highest BCUT2D eigenvalue weighted by molar-refractivity contribution is 7.91. The summed E-state index contributed by atoms with van der Waals surface area (Å²) in [5.74, 6) is -0.377. The predicted octanol–water partition coefficient (Wildman–Crippen LogP) is 5.36. The number of carbonyl (C=O) groups excluding carboxylic acids is 1. The number of nitrogens with zero attached hydrogens (tertiary/aromatic N) is 2. The van der Waals surface area contributed by atoms with E-state index >= 15 is 0 Å². The molecule has 0 spiro atoms. The lowest BCUT2D eigenvalue weighted by Crippen LogP contribution is -2.49. The summed E-state index contributed by atoms with van der Waals surface area (Å²) in [7, 11) is -3.71. The highest BCUT2D eigenvalue weighted by Crippen LogP contribution is 2.33. The molecular formula is C19H17Cl2N3O3S3. The standard InChI is InChI=1S/C19H17Cl2N3O3S3/c20-12-6-7-13(14(21)10-12)15-11-29-19(22-15)23-18(25)16-4-1-2-8-24(16)30(26,27)17-5-3-9-28-17/h3,5-7,9-11,16H,1-2,4,8H2,(H,22,23,25). The van der Waals surface area contributed by atoms with E-state index in [0.717, 1.165) is 24.2 Å². The minimum Gasteiger partial charge on any atom is -0.301 e. The number of amides is 1. The Labute approximate surface area is 192 Å². The molecule has 6 nitrogen and oxygen atoms in total. The van der Waals surface area contributed by atoms with E-state index in [1.54, 1.807) is 41.1 Å². The first-order valence-electron chi connectivity index (χ1n) is 9.13. The second-order valence-electron chi connectivity index (χ2n) is 6.71. The van der Waals surface area contributed by atoms with Gasteiger partial charge in [-0.1, -0.05) is 35.7 Å². The third-order valence-electron chi connectivity index (χ3n) is 4.76. The average Bonchev–Trinajstić information content (AvgIpc) is 3.41. The zero-order valence-electron chi connectivity index (χ0n) is 15.5. The summed E-state index contributed by atoms with van der Waals surface area (Å²) in [5, 5.41) is 7.65. The molecule has 0 radical (unpaired) electrons. The highest BCUT2D eigenvalue weighted by Gasteiger charge is 2.38. The number of piperidine rings is 1. The zero-order chi connectivity index (χ0) is 21.3. The van der Waals surface area contributed by atoms with E-state index in [4.69, 9.17) is 23.2 Å². The molecule has 1 unspecified atom stereocenters. The van der Waals surface area contributed by atoms with Crippen molar-refractivity contribution in [1.82, 2.24) is 9.29 Å². The third-order valence-corrected chi connectivity index (χ3v) is 9.34. The summed E-state index contributed by atoms with van der Waals surface area (Å²) in [6.07, 6.45) is 1.99. The minimum absolute atomic E-state index is 0.246.